The average molecular weight is 376 g/mol. The van der Waals surface area contributed by atoms with Crippen LogP contribution in [0.1, 0.15) is 40.5 Å². The number of amides is 3. The minimum absolute atomic E-state index is 0.0164. The van der Waals surface area contributed by atoms with Gasteiger partial charge in [0.05, 0.1) is 11.1 Å². The van der Waals surface area contributed by atoms with Crippen molar-refractivity contribution in [1.82, 2.24) is 15.1 Å². The number of carbonyl (C=O) groups excluding carboxylic acids is 3. The second-order valence-electron chi connectivity index (χ2n) is 5.33. The molecule has 1 N–H and O–H groups in total. The van der Waals surface area contributed by atoms with Gasteiger partial charge < -0.3 is 5.32 Å². The summed E-state index contributed by atoms with van der Waals surface area (Å²) in [7, 11) is 0. The van der Waals surface area contributed by atoms with Gasteiger partial charge in [0.2, 0.25) is 11.0 Å². The molecule has 2 aromatic rings. The first-order chi connectivity index (χ1) is 12.1. The Morgan fingerprint density at radius 2 is 1.88 bits per heavy atom. The van der Waals surface area contributed by atoms with Crippen LogP contribution in [0, 0.1) is 0 Å². The van der Waals surface area contributed by atoms with Gasteiger partial charge in [0.1, 0.15) is 0 Å². The quantitative estimate of drug-likeness (QED) is 0.454. The molecular weight excluding hydrogens is 360 g/mol. The Labute approximate surface area is 152 Å². The molecule has 0 saturated carbocycles. The summed E-state index contributed by atoms with van der Waals surface area (Å²) in [6, 6.07) is 6.66. The number of aromatic nitrogens is 2. The molecule has 0 saturated heterocycles. The van der Waals surface area contributed by atoms with Crippen molar-refractivity contribution in [3.05, 3.63) is 35.4 Å². The molecule has 1 aromatic carbocycles. The molecule has 1 aromatic heterocycles. The van der Waals surface area contributed by atoms with Crippen LogP contribution in [0.5, 0.6) is 0 Å². The molecule has 0 radical (unpaired) electrons. The third kappa shape index (κ3) is 3.88. The maximum atomic E-state index is 12.2. The molecule has 9 heteroatoms. The van der Waals surface area contributed by atoms with E-state index in [1.807, 2.05) is 0 Å². The molecule has 0 fully saturated rings. The molecule has 0 bridgehead atoms. The molecule has 25 heavy (non-hydrogen) atoms. The molecule has 0 atom stereocenters. The topological polar surface area (TPSA) is 92.3 Å². The number of hydrogen-bond donors (Lipinski definition) is 1. The monoisotopic (exact) mass is 376 g/mol. The molecule has 1 aliphatic heterocycles. The molecule has 0 spiro atoms. The first kappa shape index (κ1) is 17.6. The normalized spacial score (nSPS) is 13.2. The van der Waals surface area contributed by atoms with Gasteiger partial charge in [0.25, 0.3) is 11.8 Å². The number of rotatable bonds is 7. The zero-order valence-electron chi connectivity index (χ0n) is 13.5. The summed E-state index contributed by atoms with van der Waals surface area (Å²) in [5.41, 5.74) is 0.768. The van der Waals surface area contributed by atoms with Crippen LogP contribution in [0.15, 0.2) is 28.6 Å². The van der Waals surface area contributed by atoms with Gasteiger partial charge >= 0.3 is 0 Å². The number of carbonyl (C=O) groups is 3. The second kappa shape index (κ2) is 7.75. The average Bonchev–Trinajstić information content (AvgIpc) is 3.15. The lowest BCUT2D eigenvalue weighted by atomic mass is 10.1. The van der Waals surface area contributed by atoms with E-state index in [0.29, 0.717) is 16.3 Å². The molecule has 7 nitrogen and oxygen atoms in total. The van der Waals surface area contributed by atoms with E-state index in [-0.39, 0.29) is 30.7 Å². The van der Waals surface area contributed by atoms with Gasteiger partial charge in [-0.2, -0.15) is 0 Å². The molecule has 0 unspecified atom stereocenters. The summed E-state index contributed by atoms with van der Waals surface area (Å²) in [6.07, 6.45) is 1.05. The van der Waals surface area contributed by atoms with Crippen LogP contribution in [0.25, 0.3) is 0 Å². The Morgan fingerprint density at radius 1 is 1.20 bits per heavy atom. The summed E-state index contributed by atoms with van der Waals surface area (Å²) >= 11 is 2.90. The fourth-order valence-electron chi connectivity index (χ4n) is 2.35. The van der Waals surface area contributed by atoms with Gasteiger partial charge in [-0.1, -0.05) is 42.2 Å². The molecular formula is C16H16N4O3S2. The highest BCUT2D eigenvalue weighted by Crippen LogP contribution is 2.26. The summed E-state index contributed by atoms with van der Waals surface area (Å²) in [5.74, 6) is -0.0765. The summed E-state index contributed by atoms with van der Waals surface area (Å²) in [4.78, 5) is 37.6. The number of nitrogens with zero attached hydrogens (tertiary/aromatic N) is 3. The van der Waals surface area contributed by atoms with Crippen molar-refractivity contribution in [2.75, 3.05) is 17.6 Å². The number of benzene rings is 1. The van der Waals surface area contributed by atoms with Crippen molar-refractivity contribution < 1.29 is 14.4 Å². The van der Waals surface area contributed by atoms with Crippen molar-refractivity contribution in [3.63, 3.8) is 0 Å². The first-order valence-corrected chi connectivity index (χ1v) is 9.61. The lowest BCUT2D eigenvalue weighted by molar-refractivity contribution is -0.116. The van der Waals surface area contributed by atoms with Crippen LogP contribution in [0.2, 0.25) is 0 Å². The van der Waals surface area contributed by atoms with Crippen LogP contribution in [0.3, 0.4) is 0 Å². The third-order valence-corrected chi connectivity index (χ3v) is 5.70. The first-order valence-electron chi connectivity index (χ1n) is 7.81. The van der Waals surface area contributed by atoms with Gasteiger partial charge in [-0.3, -0.25) is 19.3 Å². The number of imide groups is 1. The predicted molar refractivity (Wildman–Crippen MR) is 96.0 cm³/mol. The van der Waals surface area contributed by atoms with Crippen molar-refractivity contribution in [1.29, 1.82) is 0 Å². The Hall–Kier alpha value is -2.26. The van der Waals surface area contributed by atoms with E-state index >= 15 is 0 Å². The summed E-state index contributed by atoms with van der Waals surface area (Å²) in [6.45, 7) is 2.12. The molecule has 0 aliphatic carbocycles. The van der Waals surface area contributed by atoms with Crippen molar-refractivity contribution in [3.8, 4) is 0 Å². The lowest BCUT2D eigenvalue weighted by Crippen LogP contribution is -2.32. The lowest BCUT2D eigenvalue weighted by Gasteiger charge is -2.12. The van der Waals surface area contributed by atoms with Crippen LogP contribution in [-0.4, -0.2) is 45.1 Å². The Bertz CT molecular complexity index is 786. The zero-order valence-corrected chi connectivity index (χ0v) is 15.2. The van der Waals surface area contributed by atoms with Crippen LogP contribution < -0.4 is 5.32 Å². The smallest absolute Gasteiger partial charge is 0.261 e. The van der Waals surface area contributed by atoms with E-state index in [1.165, 1.54) is 11.3 Å². The molecule has 3 rings (SSSR count). The molecule has 1 aliphatic rings. The molecule has 2 heterocycles. The standard InChI is InChI=1S/C16H16N4O3S2/c1-2-9-24-16-19-18-15(25-16)17-12(21)7-8-20-13(22)10-5-3-4-6-11(10)14(20)23/h3-6H,2,7-9H2,1H3,(H,17,18,21). The Kier molecular flexibility index (Phi) is 5.44. The van der Waals surface area contributed by atoms with Gasteiger partial charge in [0.15, 0.2) is 4.34 Å². The Morgan fingerprint density at radius 3 is 2.52 bits per heavy atom. The van der Waals surface area contributed by atoms with Crippen molar-refractivity contribution in [2.45, 2.75) is 24.1 Å². The third-order valence-electron chi connectivity index (χ3n) is 3.52. The minimum Gasteiger partial charge on any atom is -0.300 e. The van der Waals surface area contributed by atoms with E-state index in [2.05, 4.69) is 22.4 Å². The number of hydrogen-bond acceptors (Lipinski definition) is 7. The predicted octanol–water partition coefficient (Wildman–Crippen LogP) is 2.67. The summed E-state index contributed by atoms with van der Waals surface area (Å²) < 4.78 is 0.803. The zero-order chi connectivity index (χ0) is 17.8. The van der Waals surface area contributed by atoms with Gasteiger partial charge in [-0.15, -0.1) is 10.2 Å². The summed E-state index contributed by atoms with van der Waals surface area (Å²) in [5, 5.41) is 11.0. The number of fused-ring (bicyclic) bond motifs is 1. The largest absolute Gasteiger partial charge is 0.300 e. The van der Waals surface area contributed by atoms with E-state index in [9.17, 15) is 14.4 Å². The highest BCUT2D eigenvalue weighted by atomic mass is 32.2. The van der Waals surface area contributed by atoms with Crippen molar-refractivity contribution >= 4 is 46.0 Å². The van der Waals surface area contributed by atoms with E-state index in [0.717, 1.165) is 21.4 Å². The maximum absolute atomic E-state index is 12.2. The number of thioether (sulfide) groups is 1. The SMILES string of the molecule is CCCSc1nnc(NC(=O)CCN2C(=O)c3ccccc3C2=O)s1. The van der Waals surface area contributed by atoms with Gasteiger partial charge in [-0.25, -0.2) is 0 Å². The highest BCUT2D eigenvalue weighted by Gasteiger charge is 2.34. The fraction of sp³-hybridized carbons (Fsp3) is 0.312. The van der Waals surface area contributed by atoms with E-state index < -0.39 is 0 Å². The van der Waals surface area contributed by atoms with Crippen LogP contribution in [0.4, 0.5) is 5.13 Å². The number of nitrogens with one attached hydrogen (secondary N) is 1. The molecule has 3 amide bonds. The highest BCUT2D eigenvalue weighted by molar-refractivity contribution is 8.01. The van der Waals surface area contributed by atoms with Crippen molar-refractivity contribution in [2.24, 2.45) is 0 Å². The van der Waals surface area contributed by atoms with Gasteiger partial charge in [0, 0.05) is 18.7 Å². The Balaban J connectivity index is 1.54. The minimum atomic E-state index is -0.359. The van der Waals surface area contributed by atoms with Crippen LogP contribution in [-0.2, 0) is 4.79 Å². The number of anilines is 1. The fourth-order valence-corrected chi connectivity index (χ4v) is 4.04. The van der Waals surface area contributed by atoms with Gasteiger partial charge in [-0.05, 0) is 18.6 Å². The second-order valence-corrected chi connectivity index (χ2v) is 7.65. The molecule has 130 valence electrons. The maximum Gasteiger partial charge on any atom is 0.261 e. The van der Waals surface area contributed by atoms with E-state index in [4.69, 9.17) is 0 Å². The van der Waals surface area contributed by atoms with E-state index in [1.54, 1.807) is 36.0 Å². The van der Waals surface area contributed by atoms with Crippen LogP contribution >= 0.6 is 23.1 Å².